The van der Waals surface area contributed by atoms with Crippen LogP contribution in [-0.2, 0) is 6.54 Å². The van der Waals surface area contributed by atoms with Gasteiger partial charge in [0, 0.05) is 0 Å². The molecule has 0 aliphatic carbocycles. The van der Waals surface area contributed by atoms with Crippen LogP contribution in [-0.4, -0.2) is 5.12 Å². The van der Waals surface area contributed by atoms with Crippen LogP contribution < -0.4 is 5.53 Å². The minimum absolute atomic E-state index is 0. The SMILES string of the molecule is Br.N#Cc1ccc(CN2N=NN=NN2)cc1. The number of nitrogens with zero attached hydrogens (tertiary/aromatic N) is 6. The Labute approximate surface area is 102 Å². The van der Waals surface area contributed by atoms with Crippen LogP contribution in [0.4, 0.5) is 0 Å². The maximum Gasteiger partial charge on any atom is 0.0991 e. The van der Waals surface area contributed by atoms with Crippen molar-refractivity contribution in [1.29, 1.82) is 5.26 Å². The Balaban J connectivity index is 0.00000128. The summed E-state index contributed by atoms with van der Waals surface area (Å²) in [7, 11) is 0. The van der Waals surface area contributed by atoms with Gasteiger partial charge in [-0.25, -0.2) is 0 Å². The van der Waals surface area contributed by atoms with Gasteiger partial charge in [0.15, 0.2) is 0 Å². The average Bonchev–Trinajstić information content (AvgIpc) is 2.31. The first kappa shape index (κ1) is 12.1. The molecule has 8 heteroatoms. The maximum atomic E-state index is 8.62. The fourth-order valence-electron chi connectivity index (χ4n) is 1.10. The van der Waals surface area contributed by atoms with E-state index in [1.165, 1.54) is 5.12 Å². The molecule has 7 nitrogen and oxygen atoms in total. The molecule has 0 radical (unpaired) electrons. The third-order valence-electron chi connectivity index (χ3n) is 1.81. The van der Waals surface area contributed by atoms with Crippen molar-refractivity contribution in [2.24, 2.45) is 20.9 Å². The third kappa shape index (κ3) is 2.99. The van der Waals surface area contributed by atoms with Crippen LogP contribution in [0.5, 0.6) is 0 Å². The van der Waals surface area contributed by atoms with Gasteiger partial charge in [0.2, 0.25) is 0 Å². The van der Waals surface area contributed by atoms with Crippen LogP contribution >= 0.6 is 17.0 Å². The standard InChI is InChI=1S/C8H7N7.BrH/c9-5-7-1-3-8(4-2-7)6-15-13-11-10-12-14-15;/h1-4H,6H2,(H,10,13,14);1H. The van der Waals surface area contributed by atoms with Gasteiger partial charge in [-0.15, -0.1) is 17.0 Å². The van der Waals surface area contributed by atoms with Gasteiger partial charge in [0.25, 0.3) is 0 Å². The molecular formula is C8H8BrN7. The summed E-state index contributed by atoms with van der Waals surface area (Å²) in [6.45, 7) is 0.508. The molecule has 1 aromatic rings. The van der Waals surface area contributed by atoms with Crippen LogP contribution in [0.15, 0.2) is 45.2 Å². The second-order valence-corrected chi connectivity index (χ2v) is 2.83. The fourth-order valence-corrected chi connectivity index (χ4v) is 1.10. The number of benzene rings is 1. The molecule has 1 heterocycles. The van der Waals surface area contributed by atoms with Crippen LogP contribution in [0.25, 0.3) is 0 Å². The third-order valence-corrected chi connectivity index (χ3v) is 1.81. The van der Waals surface area contributed by atoms with Gasteiger partial charge >= 0.3 is 0 Å². The Bertz CT molecular complexity index is 433. The second-order valence-electron chi connectivity index (χ2n) is 2.83. The average molecular weight is 282 g/mol. The molecule has 0 fully saturated rings. The second kappa shape index (κ2) is 5.77. The van der Waals surface area contributed by atoms with E-state index in [0.717, 1.165) is 5.56 Å². The molecule has 1 aliphatic heterocycles. The summed E-state index contributed by atoms with van der Waals surface area (Å²) in [6.07, 6.45) is 0. The highest BCUT2D eigenvalue weighted by Crippen LogP contribution is 2.07. The maximum absolute atomic E-state index is 8.62. The smallest absolute Gasteiger partial charge is 0.0991 e. The Morgan fingerprint density at radius 1 is 1.25 bits per heavy atom. The highest BCUT2D eigenvalue weighted by Gasteiger charge is 2.04. The molecule has 2 rings (SSSR count). The molecule has 1 N–H and O–H groups in total. The topological polar surface area (TPSA) is 88.5 Å². The van der Waals surface area contributed by atoms with Crippen molar-refractivity contribution in [2.75, 3.05) is 0 Å². The van der Waals surface area contributed by atoms with E-state index in [-0.39, 0.29) is 17.0 Å². The van der Waals surface area contributed by atoms with E-state index in [9.17, 15) is 0 Å². The molecule has 1 aromatic carbocycles. The van der Waals surface area contributed by atoms with Gasteiger partial charge in [-0.05, 0) is 38.6 Å². The van der Waals surface area contributed by atoms with Gasteiger partial charge in [-0.2, -0.15) is 15.9 Å². The van der Waals surface area contributed by atoms with Crippen LogP contribution in [0, 0.1) is 11.3 Å². The van der Waals surface area contributed by atoms with E-state index in [1.54, 1.807) is 12.1 Å². The Kier molecular flexibility index (Phi) is 4.35. The van der Waals surface area contributed by atoms with Crippen molar-refractivity contribution >= 4 is 17.0 Å². The number of halogens is 1. The Morgan fingerprint density at radius 2 is 2.00 bits per heavy atom. The molecule has 0 saturated carbocycles. The summed E-state index contributed by atoms with van der Waals surface area (Å²) in [5.74, 6) is 0. The van der Waals surface area contributed by atoms with Crippen molar-refractivity contribution in [2.45, 2.75) is 6.54 Å². The quantitative estimate of drug-likeness (QED) is 0.900. The minimum atomic E-state index is 0. The number of hydrazine groups is 1. The molecule has 0 amide bonds. The number of hydrogen-bond acceptors (Lipinski definition) is 7. The number of rotatable bonds is 2. The van der Waals surface area contributed by atoms with Crippen molar-refractivity contribution in [3.05, 3.63) is 35.4 Å². The molecule has 0 unspecified atom stereocenters. The lowest BCUT2D eigenvalue weighted by atomic mass is 10.1. The van der Waals surface area contributed by atoms with E-state index in [0.29, 0.717) is 12.1 Å². The molecular weight excluding hydrogens is 274 g/mol. The lowest BCUT2D eigenvalue weighted by Crippen LogP contribution is -2.29. The van der Waals surface area contributed by atoms with Crippen molar-refractivity contribution in [3.63, 3.8) is 0 Å². The first-order chi connectivity index (χ1) is 7.38. The van der Waals surface area contributed by atoms with Crippen LogP contribution in [0.1, 0.15) is 11.1 Å². The van der Waals surface area contributed by atoms with E-state index in [2.05, 4.69) is 32.5 Å². The van der Waals surface area contributed by atoms with Gasteiger partial charge < -0.3 is 0 Å². The summed E-state index contributed by atoms with van der Waals surface area (Å²) in [6, 6.07) is 9.25. The van der Waals surface area contributed by atoms with Crippen LogP contribution in [0.2, 0.25) is 0 Å². The molecule has 16 heavy (non-hydrogen) atoms. The van der Waals surface area contributed by atoms with Crippen molar-refractivity contribution < 1.29 is 0 Å². The van der Waals surface area contributed by atoms with Gasteiger partial charge in [0.1, 0.15) is 0 Å². The number of nitriles is 1. The first-order valence-electron chi connectivity index (χ1n) is 4.21. The van der Waals surface area contributed by atoms with E-state index < -0.39 is 0 Å². The molecule has 0 atom stereocenters. The van der Waals surface area contributed by atoms with Crippen molar-refractivity contribution in [3.8, 4) is 6.07 Å². The lowest BCUT2D eigenvalue weighted by molar-refractivity contribution is 0.147. The van der Waals surface area contributed by atoms with Gasteiger partial charge in [0.05, 0.1) is 18.2 Å². The molecule has 0 spiro atoms. The summed E-state index contributed by atoms with van der Waals surface area (Å²) < 4.78 is 0. The largest absolute Gasteiger partial charge is 0.192 e. The van der Waals surface area contributed by atoms with Gasteiger partial charge in [-0.1, -0.05) is 12.1 Å². The predicted octanol–water partition coefficient (Wildman–Crippen LogP) is 2.11. The normalized spacial score (nSPS) is 12.6. The zero-order valence-corrected chi connectivity index (χ0v) is 9.82. The highest BCUT2D eigenvalue weighted by molar-refractivity contribution is 8.93. The molecule has 0 bridgehead atoms. The molecule has 1 aliphatic rings. The number of nitrogens with one attached hydrogen (secondary N) is 1. The lowest BCUT2D eigenvalue weighted by Gasteiger charge is -2.15. The Morgan fingerprint density at radius 3 is 2.56 bits per heavy atom. The zero-order chi connectivity index (χ0) is 10.5. The van der Waals surface area contributed by atoms with Crippen molar-refractivity contribution in [1.82, 2.24) is 10.7 Å². The number of hydrogen-bond donors (Lipinski definition) is 1. The van der Waals surface area contributed by atoms with E-state index in [1.807, 2.05) is 12.1 Å². The van der Waals surface area contributed by atoms with Crippen LogP contribution in [0.3, 0.4) is 0 Å². The summed E-state index contributed by atoms with van der Waals surface area (Å²) in [4.78, 5) is 0. The van der Waals surface area contributed by atoms with E-state index in [4.69, 9.17) is 5.26 Å². The molecule has 82 valence electrons. The summed E-state index contributed by atoms with van der Waals surface area (Å²) >= 11 is 0. The Hall–Kier alpha value is -2.01. The zero-order valence-electron chi connectivity index (χ0n) is 8.11. The summed E-state index contributed by atoms with van der Waals surface area (Å²) in [5, 5.41) is 23.9. The monoisotopic (exact) mass is 281 g/mol. The van der Waals surface area contributed by atoms with E-state index >= 15 is 0 Å². The first-order valence-corrected chi connectivity index (χ1v) is 4.21. The van der Waals surface area contributed by atoms with Gasteiger partial charge in [-0.3, -0.25) is 0 Å². The predicted molar refractivity (Wildman–Crippen MR) is 59.9 cm³/mol. The summed E-state index contributed by atoms with van der Waals surface area (Å²) in [5.41, 5.74) is 4.19. The molecule has 0 saturated heterocycles. The molecule has 0 aromatic heterocycles. The minimum Gasteiger partial charge on any atom is -0.192 e. The fraction of sp³-hybridized carbons (Fsp3) is 0.125. The highest BCUT2D eigenvalue weighted by atomic mass is 79.9.